The van der Waals surface area contributed by atoms with E-state index in [4.69, 9.17) is 10.5 Å². The van der Waals surface area contributed by atoms with Crippen molar-refractivity contribution in [2.24, 2.45) is 11.1 Å². The molecule has 0 amide bonds. The van der Waals surface area contributed by atoms with Crippen molar-refractivity contribution < 1.29 is 9.84 Å². The van der Waals surface area contributed by atoms with Gasteiger partial charge in [-0.15, -0.1) is 0 Å². The van der Waals surface area contributed by atoms with Gasteiger partial charge in [-0.1, -0.05) is 24.3 Å². The van der Waals surface area contributed by atoms with Crippen LogP contribution in [0.5, 0.6) is 0 Å². The van der Waals surface area contributed by atoms with E-state index in [0.29, 0.717) is 19.8 Å². The Balaban J connectivity index is 2.28. The molecule has 1 fully saturated rings. The topological polar surface area (TPSA) is 55.5 Å². The van der Waals surface area contributed by atoms with Crippen molar-refractivity contribution in [1.82, 2.24) is 0 Å². The van der Waals surface area contributed by atoms with Crippen LogP contribution in [0.4, 0.5) is 0 Å². The third kappa shape index (κ3) is 2.37. The average Bonchev–Trinajstić information content (AvgIpc) is 2.39. The van der Waals surface area contributed by atoms with Crippen molar-refractivity contribution >= 4 is 0 Å². The van der Waals surface area contributed by atoms with E-state index in [0.717, 1.165) is 24.0 Å². The summed E-state index contributed by atoms with van der Waals surface area (Å²) in [6.45, 7) is 3.92. The molecule has 1 atom stereocenters. The highest BCUT2D eigenvalue weighted by atomic mass is 16.5. The zero-order chi connectivity index (χ0) is 12.3. The van der Waals surface area contributed by atoms with Crippen LogP contribution in [0.2, 0.25) is 0 Å². The Morgan fingerprint density at radius 1 is 1.35 bits per heavy atom. The molecule has 0 bridgehead atoms. The van der Waals surface area contributed by atoms with Crippen LogP contribution in [0.3, 0.4) is 0 Å². The summed E-state index contributed by atoms with van der Waals surface area (Å²) in [7, 11) is 0. The van der Waals surface area contributed by atoms with Crippen LogP contribution in [0.25, 0.3) is 0 Å². The number of aliphatic hydroxyl groups excluding tert-OH is 1. The highest BCUT2D eigenvalue weighted by Gasteiger charge is 2.39. The summed E-state index contributed by atoms with van der Waals surface area (Å²) in [5.74, 6) is 0. The molecule has 94 valence electrons. The second-order valence-corrected chi connectivity index (χ2v) is 4.94. The molecule has 3 N–H and O–H groups in total. The summed E-state index contributed by atoms with van der Waals surface area (Å²) in [6, 6.07) is 7.98. The monoisotopic (exact) mass is 235 g/mol. The number of ether oxygens (including phenoxy) is 1. The third-order valence-corrected chi connectivity index (χ3v) is 3.96. The molecule has 1 aromatic carbocycles. The number of hydrogen-bond acceptors (Lipinski definition) is 3. The first-order valence-electron chi connectivity index (χ1n) is 6.21. The molecule has 1 saturated heterocycles. The van der Waals surface area contributed by atoms with E-state index in [1.807, 2.05) is 31.2 Å². The van der Waals surface area contributed by atoms with Crippen molar-refractivity contribution in [3.05, 3.63) is 35.4 Å². The minimum Gasteiger partial charge on any atom is -0.388 e. The van der Waals surface area contributed by atoms with Gasteiger partial charge in [0, 0.05) is 25.2 Å². The van der Waals surface area contributed by atoms with Gasteiger partial charge < -0.3 is 15.6 Å². The molecule has 0 aliphatic carbocycles. The van der Waals surface area contributed by atoms with Gasteiger partial charge in [-0.25, -0.2) is 0 Å². The van der Waals surface area contributed by atoms with Crippen LogP contribution in [0, 0.1) is 12.3 Å². The molecule has 1 heterocycles. The highest BCUT2D eigenvalue weighted by molar-refractivity contribution is 5.29. The summed E-state index contributed by atoms with van der Waals surface area (Å²) in [5.41, 5.74) is 7.82. The van der Waals surface area contributed by atoms with Crippen molar-refractivity contribution in [3.8, 4) is 0 Å². The van der Waals surface area contributed by atoms with Gasteiger partial charge in [-0.05, 0) is 30.9 Å². The minimum absolute atomic E-state index is 0.218. The van der Waals surface area contributed by atoms with Gasteiger partial charge in [-0.2, -0.15) is 0 Å². The van der Waals surface area contributed by atoms with Gasteiger partial charge in [0.05, 0.1) is 6.10 Å². The lowest BCUT2D eigenvalue weighted by Gasteiger charge is -2.40. The summed E-state index contributed by atoms with van der Waals surface area (Å²) in [6.07, 6.45) is 1.18. The Labute approximate surface area is 103 Å². The first-order chi connectivity index (χ1) is 8.19. The molecule has 3 nitrogen and oxygen atoms in total. The standard InChI is InChI=1S/C14H21NO2/c1-11-4-2-3-5-12(11)13(16)14(10-15)6-8-17-9-7-14/h2-5,13,16H,6-10,15H2,1H3. The Morgan fingerprint density at radius 3 is 2.59 bits per heavy atom. The molecule has 0 aromatic heterocycles. The van der Waals surface area contributed by atoms with E-state index in [9.17, 15) is 5.11 Å². The average molecular weight is 235 g/mol. The fraction of sp³-hybridized carbons (Fsp3) is 0.571. The third-order valence-electron chi connectivity index (χ3n) is 3.96. The highest BCUT2D eigenvalue weighted by Crippen LogP contribution is 2.42. The normalized spacial score (nSPS) is 21.1. The Bertz CT molecular complexity index is 372. The lowest BCUT2D eigenvalue weighted by Crippen LogP contribution is -2.41. The molecule has 0 spiro atoms. The van der Waals surface area contributed by atoms with Crippen LogP contribution in [0.15, 0.2) is 24.3 Å². The van der Waals surface area contributed by atoms with Crippen LogP contribution in [-0.2, 0) is 4.74 Å². The van der Waals surface area contributed by atoms with E-state index in [1.165, 1.54) is 0 Å². The van der Waals surface area contributed by atoms with Gasteiger partial charge in [0.1, 0.15) is 0 Å². The number of benzene rings is 1. The van der Waals surface area contributed by atoms with Gasteiger partial charge in [0.15, 0.2) is 0 Å². The second-order valence-electron chi connectivity index (χ2n) is 4.94. The van der Waals surface area contributed by atoms with Gasteiger partial charge in [0.25, 0.3) is 0 Å². The SMILES string of the molecule is Cc1ccccc1C(O)C1(CN)CCOCC1. The largest absolute Gasteiger partial charge is 0.388 e. The van der Waals surface area contributed by atoms with E-state index in [-0.39, 0.29) is 5.41 Å². The number of rotatable bonds is 3. The summed E-state index contributed by atoms with van der Waals surface area (Å²) in [5, 5.41) is 10.6. The van der Waals surface area contributed by atoms with Gasteiger partial charge in [-0.3, -0.25) is 0 Å². The van der Waals surface area contributed by atoms with Crippen molar-refractivity contribution in [3.63, 3.8) is 0 Å². The van der Waals surface area contributed by atoms with Gasteiger partial charge >= 0.3 is 0 Å². The molecule has 0 saturated carbocycles. The Kier molecular flexibility index (Phi) is 3.82. The molecule has 1 aliphatic rings. The lowest BCUT2D eigenvalue weighted by atomic mass is 9.72. The molecule has 2 rings (SSSR count). The molecule has 17 heavy (non-hydrogen) atoms. The second kappa shape index (κ2) is 5.17. The number of nitrogens with two attached hydrogens (primary N) is 1. The van der Waals surface area contributed by atoms with E-state index in [2.05, 4.69) is 0 Å². The van der Waals surface area contributed by atoms with E-state index < -0.39 is 6.10 Å². The lowest BCUT2D eigenvalue weighted by molar-refractivity contribution is -0.0583. The van der Waals surface area contributed by atoms with Crippen LogP contribution >= 0.6 is 0 Å². The summed E-state index contributed by atoms with van der Waals surface area (Å²) >= 11 is 0. The number of aryl methyl sites for hydroxylation is 1. The predicted molar refractivity (Wildman–Crippen MR) is 67.7 cm³/mol. The van der Waals surface area contributed by atoms with Crippen molar-refractivity contribution in [2.45, 2.75) is 25.9 Å². The summed E-state index contributed by atoms with van der Waals surface area (Å²) < 4.78 is 5.38. The van der Waals surface area contributed by atoms with Crippen LogP contribution in [0.1, 0.15) is 30.1 Å². The predicted octanol–water partition coefficient (Wildman–Crippen LogP) is 1.78. The number of hydrogen-bond donors (Lipinski definition) is 2. The maximum atomic E-state index is 10.6. The summed E-state index contributed by atoms with van der Waals surface area (Å²) in [4.78, 5) is 0. The smallest absolute Gasteiger partial charge is 0.0862 e. The quantitative estimate of drug-likeness (QED) is 0.839. The zero-order valence-electron chi connectivity index (χ0n) is 10.4. The van der Waals surface area contributed by atoms with Crippen LogP contribution in [-0.4, -0.2) is 24.9 Å². The van der Waals surface area contributed by atoms with E-state index >= 15 is 0 Å². The molecular formula is C14H21NO2. The van der Waals surface area contributed by atoms with Crippen LogP contribution < -0.4 is 5.73 Å². The zero-order valence-corrected chi connectivity index (χ0v) is 10.4. The maximum Gasteiger partial charge on any atom is 0.0862 e. The molecular weight excluding hydrogens is 214 g/mol. The molecule has 1 aromatic rings. The van der Waals surface area contributed by atoms with E-state index in [1.54, 1.807) is 0 Å². The Morgan fingerprint density at radius 2 is 2.00 bits per heavy atom. The Hall–Kier alpha value is -0.900. The maximum absolute atomic E-state index is 10.6. The van der Waals surface area contributed by atoms with Crippen molar-refractivity contribution in [1.29, 1.82) is 0 Å². The van der Waals surface area contributed by atoms with Crippen molar-refractivity contribution in [2.75, 3.05) is 19.8 Å². The molecule has 1 aliphatic heterocycles. The molecule has 3 heteroatoms. The first kappa shape index (κ1) is 12.6. The fourth-order valence-electron chi connectivity index (χ4n) is 2.59. The fourth-order valence-corrected chi connectivity index (χ4v) is 2.59. The van der Waals surface area contributed by atoms with Gasteiger partial charge in [0.2, 0.25) is 0 Å². The first-order valence-corrected chi connectivity index (χ1v) is 6.21. The number of aliphatic hydroxyl groups is 1. The molecule has 0 radical (unpaired) electrons. The minimum atomic E-state index is -0.488. The molecule has 1 unspecified atom stereocenters.